The van der Waals surface area contributed by atoms with E-state index in [4.69, 9.17) is 27.4 Å². The molecule has 0 bridgehead atoms. The van der Waals surface area contributed by atoms with Crippen LogP contribution in [0.25, 0.3) is 0 Å². The maximum atomic E-state index is 11.0. The first kappa shape index (κ1) is 35.2. The van der Waals surface area contributed by atoms with Crippen LogP contribution in [-0.2, 0) is 18.9 Å². The molecule has 0 aromatic carbocycles. The Hall–Kier alpha value is -0.240. The van der Waals surface area contributed by atoms with Crippen LogP contribution in [0.4, 0.5) is 0 Å². The van der Waals surface area contributed by atoms with E-state index in [0.29, 0.717) is 12.8 Å². The largest absolute Gasteiger partial charge is 0.388 e. The second-order valence-electron chi connectivity index (χ2n) is 12.2. The Morgan fingerprint density at radius 3 is 1.27 bits per heavy atom. The van der Waals surface area contributed by atoms with Crippen molar-refractivity contribution in [3.63, 3.8) is 0 Å². The van der Waals surface area contributed by atoms with E-state index in [2.05, 4.69) is 13.8 Å². The van der Waals surface area contributed by atoms with Crippen molar-refractivity contribution in [3.05, 3.63) is 0 Å². The van der Waals surface area contributed by atoms with Crippen LogP contribution < -0.4 is 5.73 Å². The standard InChI is InChI=1S/C35H71NO5/c1-4-6-8-10-12-14-16-18-20-22-24-26-28-39-33-32(37)31(30-36)41-35(38-3)34(33)40-29-27-25-23-21-19-17-15-13-11-9-7-5-2/h31-35,37H,4-30,36H2,1-3H3/t31-,32-,33+,34-,35?/m1/s1/i28D,29D/t28?,29?,31-,32-,33+,34-,35?. The van der Waals surface area contributed by atoms with E-state index in [-0.39, 0.29) is 6.54 Å². The SMILES string of the molecule is [2H]C(CCCCCCCCCCCCC)O[C@H]1[C@H](O)[C@@H](CN)OC(OC)[C@@H]1OC([2H])CCCCCCCCCCCCC. The summed E-state index contributed by atoms with van der Waals surface area (Å²) >= 11 is 0. The maximum Gasteiger partial charge on any atom is 0.186 e. The summed E-state index contributed by atoms with van der Waals surface area (Å²) in [5.74, 6) is 0. The second-order valence-corrected chi connectivity index (χ2v) is 12.2. The average molecular weight is 588 g/mol. The van der Waals surface area contributed by atoms with Gasteiger partial charge in [0.1, 0.15) is 24.4 Å². The van der Waals surface area contributed by atoms with E-state index < -0.39 is 43.9 Å². The molecule has 1 aliphatic heterocycles. The molecule has 0 radical (unpaired) electrons. The van der Waals surface area contributed by atoms with Crippen molar-refractivity contribution in [3.8, 4) is 0 Å². The Bertz CT molecular complexity index is 605. The summed E-state index contributed by atoms with van der Waals surface area (Å²) in [4.78, 5) is 0. The minimum atomic E-state index is -1.04. The Morgan fingerprint density at radius 1 is 0.585 bits per heavy atom. The molecule has 1 saturated heterocycles. The Labute approximate surface area is 258 Å². The summed E-state index contributed by atoms with van der Waals surface area (Å²) in [6, 6.07) is 0. The van der Waals surface area contributed by atoms with Crippen LogP contribution in [0.1, 0.15) is 171 Å². The minimum Gasteiger partial charge on any atom is -0.388 e. The summed E-state index contributed by atoms with van der Waals surface area (Å²) in [6.45, 7) is 3.07. The van der Waals surface area contributed by atoms with Gasteiger partial charge in [0.05, 0.1) is 2.74 Å². The van der Waals surface area contributed by atoms with Gasteiger partial charge in [-0.1, -0.05) is 155 Å². The highest BCUT2D eigenvalue weighted by Crippen LogP contribution is 2.27. The fourth-order valence-electron chi connectivity index (χ4n) is 5.72. The molecule has 7 atom stereocenters. The topological polar surface area (TPSA) is 83.2 Å². The molecular formula is C35H71NO5. The van der Waals surface area contributed by atoms with E-state index >= 15 is 0 Å². The van der Waals surface area contributed by atoms with Crippen molar-refractivity contribution in [2.45, 2.75) is 199 Å². The third-order valence-electron chi connectivity index (χ3n) is 8.44. The third kappa shape index (κ3) is 19.6. The van der Waals surface area contributed by atoms with Crippen molar-refractivity contribution >= 4 is 0 Å². The number of ether oxygens (including phenoxy) is 4. The van der Waals surface area contributed by atoms with E-state index in [1.165, 1.54) is 123 Å². The van der Waals surface area contributed by atoms with Gasteiger partial charge >= 0.3 is 0 Å². The molecule has 1 aliphatic rings. The van der Waals surface area contributed by atoms with Crippen LogP contribution in [0.2, 0.25) is 0 Å². The number of nitrogens with two attached hydrogens (primary N) is 1. The molecule has 41 heavy (non-hydrogen) atoms. The quantitative estimate of drug-likeness (QED) is 0.0817. The fraction of sp³-hybridized carbons (Fsp3) is 1.00. The van der Waals surface area contributed by atoms with E-state index in [1.54, 1.807) is 0 Å². The Balaban J connectivity index is 2.37. The summed E-state index contributed by atoms with van der Waals surface area (Å²) in [7, 11) is 1.52. The van der Waals surface area contributed by atoms with Gasteiger partial charge in [-0.25, -0.2) is 0 Å². The lowest BCUT2D eigenvalue weighted by atomic mass is 9.98. The van der Waals surface area contributed by atoms with Crippen LogP contribution in [-0.4, -0.2) is 62.6 Å². The van der Waals surface area contributed by atoms with Crippen molar-refractivity contribution < 1.29 is 26.8 Å². The van der Waals surface area contributed by atoms with Crippen molar-refractivity contribution in [2.75, 3.05) is 26.8 Å². The summed E-state index contributed by atoms with van der Waals surface area (Å²) < 4.78 is 40.6. The van der Waals surface area contributed by atoms with Gasteiger partial charge in [0.25, 0.3) is 0 Å². The number of aliphatic hydroxyl groups is 1. The molecule has 246 valence electrons. The molecular weight excluding hydrogens is 514 g/mol. The molecule has 3 N–H and O–H groups in total. The molecule has 6 heteroatoms. The van der Waals surface area contributed by atoms with Gasteiger partial charge in [-0.15, -0.1) is 0 Å². The molecule has 0 spiro atoms. The zero-order chi connectivity index (χ0) is 31.5. The molecule has 1 rings (SSSR count). The average Bonchev–Trinajstić information content (AvgIpc) is 3.00. The van der Waals surface area contributed by atoms with Crippen LogP contribution in [0, 0.1) is 0 Å². The van der Waals surface area contributed by atoms with Gasteiger partial charge < -0.3 is 29.8 Å². The number of hydrogen-bond acceptors (Lipinski definition) is 6. The highest BCUT2D eigenvalue weighted by Gasteiger charge is 2.46. The minimum absolute atomic E-state index is 0.109. The molecule has 6 nitrogen and oxygen atoms in total. The number of methoxy groups -OCH3 is 1. The van der Waals surface area contributed by atoms with E-state index in [9.17, 15) is 5.11 Å². The van der Waals surface area contributed by atoms with Crippen LogP contribution in [0.5, 0.6) is 0 Å². The van der Waals surface area contributed by atoms with Gasteiger partial charge in [0, 0.05) is 26.8 Å². The Morgan fingerprint density at radius 2 is 0.927 bits per heavy atom. The summed E-state index contributed by atoms with van der Waals surface area (Å²) in [6.07, 6.45) is 24.7. The Kier molecular flexibility index (Phi) is 24.5. The first-order chi connectivity index (χ1) is 21.0. The molecule has 0 aliphatic carbocycles. The monoisotopic (exact) mass is 588 g/mol. The zero-order valence-electron chi connectivity index (χ0n) is 29.4. The normalized spacial score (nSPS) is 25.1. The lowest BCUT2D eigenvalue weighted by Crippen LogP contribution is -2.61. The summed E-state index contributed by atoms with van der Waals surface area (Å²) in [5.41, 5.74) is 5.86. The van der Waals surface area contributed by atoms with Gasteiger partial charge in [0.2, 0.25) is 0 Å². The number of hydrogen-bond donors (Lipinski definition) is 2. The number of unbranched alkanes of at least 4 members (excludes halogenated alkanes) is 20. The van der Waals surface area contributed by atoms with Gasteiger partial charge in [-0.3, -0.25) is 0 Å². The fourth-order valence-corrected chi connectivity index (χ4v) is 5.72. The van der Waals surface area contributed by atoms with Gasteiger partial charge in [0.15, 0.2) is 6.29 Å². The molecule has 0 amide bonds. The molecule has 3 unspecified atom stereocenters. The molecule has 1 fully saturated rings. The van der Waals surface area contributed by atoms with Crippen molar-refractivity contribution in [1.29, 1.82) is 0 Å². The van der Waals surface area contributed by atoms with Gasteiger partial charge in [-0.2, -0.15) is 0 Å². The highest BCUT2D eigenvalue weighted by molar-refractivity contribution is 4.92. The van der Waals surface area contributed by atoms with Gasteiger partial charge in [-0.05, 0) is 12.8 Å². The third-order valence-corrected chi connectivity index (χ3v) is 8.44. The molecule has 0 aromatic rings. The van der Waals surface area contributed by atoms with Crippen LogP contribution in [0.15, 0.2) is 0 Å². The lowest BCUT2D eigenvalue weighted by Gasteiger charge is -2.43. The van der Waals surface area contributed by atoms with Crippen molar-refractivity contribution in [2.24, 2.45) is 5.73 Å². The highest BCUT2D eigenvalue weighted by atomic mass is 16.7. The van der Waals surface area contributed by atoms with Crippen molar-refractivity contribution in [1.82, 2.24) is 0 Å². The van der Waals surface area contributed by atoms with E-state index in [0.717, 1.165) is 25.7 Å². The smallest absolute Gasteiger partial charge is 0.186 e. The van der Waals surface area contributed by atoms with Crippen LogP contribution >= 0.6 is 0 Å². The predicted molar refractivity (Wildman–Crippen MR) is 172 cm³/mol. The molecule has 0 saturated carbocycles. The predicted octanol–water partition coefficient (Wildman–Crippen LogP) is 8.85. The zero-order valence-corrected chi connectivity index (χ0v) is 27.4. The second kappa shape index (κ2) is 28.5. The molecule has 0 aromatic heterocycles. The maximum absolute atomic E-state index is 11.0. The summed E-state index contributed by atoms with van der Waals surface area (Å²) in [5, 5.41) is 11.0. The lowest BCUT2D eigenvalue weighted by molar-refractivity contribution is -0.304. The van der Waals surface area contributed by atoms with E-state index in [1.807, 2.05) is 0 Å². The van der Waals surface area contributed by atoms with Crippen LogP contribution in [0.3, 0.4) is 0 Å². The number of aliphatic hydroxyl groups excluding tert-OH is 1. The molecule has 1 heterocycles. The first-order valence-electron chi connectivity index (χ1n) is 18.9. The number of rotatable bonds is 30. The first-order valence-corrected chi connectivity index (χ1v) is 17.7.